The molecule has 8 nitrogen and oxygen atoms in total. The Balaban J connectivity index is 1.46. The largest absolute Gasteiger partial charge is 0.495 e. The van der Waals surface area contributed by atoms with Crippen LogP contribution in [0.4, 0.5) is 17.1 Å². The Bertz CT molecular complexity index is 930. The van der Waals surface area contributed by atoms with Gasteiger partial charge in [-0.1, -0.05) is 0 Å². The predicted octanol–water partition coefficient (Wildman–Crippen LogP) is 2.04. The Morgan fingerprint density at radius 3 is 2.71 bits per heavy atom. The van der Waals surface area contributed by atoms with Crippen molar-refractivity contribution in [3.63, 3.8) is 0 Å². The quantitative estimate of drug-likeness (QED) is 0.619. The van der Waals surface area contributed by atoms with E-state index in [9.17, 15) is 9.59 Å². The van der Waals surface area contributed by atoms with Crippen LogP contribution in [0, 0.1) is 5.92 Å². The lowest BCUT2D eigenvalue weighted by molar-refractivity contribution is -0.129. The van der Waals surface area contributed by atoms with E-state index in [4.69, 9.17) is 19.9 Å². The van der Waals surface area contributed by atoms with Crippen LogP contribution in [-0.4, -0.2) is 38.7 Å². The first-order valence-electron chi connectivity index (χ1n) is 9.02. The van der Waals surface area contributed by atoms with Gasteiger partial charge in [0.25, 0.3) is 0 Å². The topological polar surface area (TPSA) is 103 Å². The minimum Gasteiger partial charge on any atom is -0.495 e. The van der Waals surface area contributed by atoms with Crippen molar-refractivity contribution in [2.24, 2.45) is 5.92 Å². The number of ether oxygens (including phenoxy) is 3. The van der Waals surface area contributed by atoms with Gasteiger partial charge in [-0.05, 0) is 36.8 Å². The van der Waals surface area contributed by atoms with Crippen molar-refractivity contribution in [1.82, 2.24) is 0 Å². The van der Waals surface area contributed by atoms with Gasteiger partial charge in [-0.2, -0.15) is 0 Å². The smallest absolute Gasteiger partial charge is 0.239 e. The molecule has 0 radical (unpaired) electrons. The Morgan fingerprint density at radius 1 is 1.18 bits per heavy atom. The summed E-state index contributed by atoms with van der Waals surface area (Å²) in [5, 5.41) is 2.76. The highest BCUT2D eigenvalue weighted by atomic mass is 16.6. The van der Waals surface area contributed by atoms with Crippen molar-refractivity contribution < 1.29 is 23.8 Å². The van der Waals surface area contributed by atoms with Crippen LogP contribution in [0.2, 0.25) is 0 Å². The summed E-state index contributed by atoms with van der Waals surface area (Å²) in [6.45, 7) is 1.44. The van der Waals surface area contributed by atoms with E-state index in [-0.39, 0.29) is 11.8 Å². The highest BCUT2D eigenvalue weighted by Crippen LogP contribution is 2.36. The molecule has 2 heterocycles. The fourth-order valence-corrected chi connectivity index (χ4v) is 3.42. The SMILES string of the molecule is COc1ccc(NC(=O)C2CCN(c3ccc4c(c3)OCCO4)C2=O)cc1N. The van der Waals surface area contributed by atoms with E-state index >= 15 is 0 Å². The normalized spacial score (nSPS) is 18.1. The number of nitrogens with two attached hydrogens (primary N) is 1. The molecule has 2 aromatic rings. The highest BCUT2D eigenvalue weighted by molar-refractivity contribution is 6.13. The second-order valence-corrected chi connectivity index (χ2v) is 6.61. The van der Waals surface area contributed by atoms with E-state index in [1.54, 1.807) is 41.3 Å². The lowest BCUT2D eigenvalue weighted by Gasteiger charge is -2.22. The molecule has 3 N–H and O–H groups in total. The number of benzene rings is 2. The number of methoxy groups -OCH3 is 1. The fraction of sp³-hybridized carbons (Fsp3) is 0.300. The summed E-state index contributed by atoms with van der Waals surface area (Å²) in [5.41, 5.74) is 7.50. The number of nitrogens with zero attached hydrogens (tertiary/aromatic N) is 1. The van der Waals surface area contributed by atoms with E-state index < -0.39 is 5.92 Å². The summed E-state index contributed by atoms with van der Waals surface area (Å²) >= 11 is 0. The standard InChI is InChI=1S/C20H21N3O5/c1-26-16-4-2-12(10-15(16)21)22-19(24)14-6-7-23(20(14)25)13-3-5-17-18(11-13)28-9-8-27-17/h2-5,10-11,14H,6-9,21H2,1H3,(H,22,24). The lowest BCUT2D eigenvalue weighted by Crippen LogP contribution is -2.33. The number of hydrogen-bond donors (Lipinski definition) is 2. The summed E-state index contributed by atoms with van der Waals surface area (Å²) in [4.78, 5) is 27.0. The van der Waals surface area contributed by atoms with Crippen molar-refractivity contribution in [2.75, 3.05) is 42.8 Å². The van der Waals surface area contributed by atoms with Gasteiger partial charge in [-0.25, -0.2) is 0 Å². The molecule has 1 fully saturated rings. The van der Waals surface area contributed by atoms with Gasteiger partial charge < -0.3 is 30.2 Å². The third-order valence-corrected chi connectivity index (χ3v) is 4.86. The number of nitrogens with one attached hydrogen (secondary N) is 1. The van der Waals surface area contributed by atoms with Crippen LogP contribution in [0.5, 0.6) is 17.2 Å². The molecule has 1 saturated heterocycles. The molecule has 0 saturated carbocycles. The number of anilines is 3. The van der Waals surface area contributed by atoms with E-state index in [2.05, 4.69) is 5.32 Å². The number of rotatable bonds is 4. The summed E-state index contributed by atoms with van der Waals surface area (Å²) in [5.74, 6) is 0.452. The zero-order valence-electron chi connectivity index (χ0n) is 15.4. The maximum atomic E-state index is 12.8. The van der Waals surface area contributed by atoms with Crippen molar-refractivity contribution >= 4 is 28.9 Å². The molecule has 28 heavy (non-hydrogen) atoms. The third-order valence-electron chi connectivity index (χ3n) is 4.86. The zero-order valence-corrected chi connectivity index (χ0v) is 15.4. The first-order chi connectivity index (χ1) is 13.6. The molecular formula is C20H21N3O5. The molecule has 2 aromatic carbocycles. The van der Waals surface area contributed by atoms with Gasteiger partial charge in [0.05, 0.1) is 12.8 Å². The highest BCUT2D eigenvalue weighted by Gasteiger charge is 2.38. The molecule has 2 aliphatic heterocycles. The fourth-order valence-electron chi connectivity index (χ4n) is 3.42. The average molecular weight is 383 g/mol. The van der Waals surface area contributed by atoms with Crippen molar-refractivity contribution in [3.05, 3.63) is 36.4 Å². The maximum absolute atomic E-state index is 12.8. The minimum atomic E-state index is -0.753. The molecule has 1 atom stereocenters. The molecule has 2 aliphatic rings. The van der Waals surface area contributed by atoms with Gasteiger partial charge >= 0.3 is 0 Å². The summed E-state index contributed by atoms with van der Waals surface area (Å²) < 4.78 is 16.2. The number of hydrogen-bond acceptors (Lipinski definition) is 6. The molecule has 0 aliphatic carbocycles. The maximum Gasteiger partial charge on any atom is 0.239 e. The third kappa shape index (κ3) is 3.28. The van der Waals surface area contributed by atoms with Gasteiger partial charge in [0, 0.05) is 24.0 Å². The van der Waals surface area contributed by atoms with Crippen LogP contribution in [0.15, 0.2) is 36.4 Å². The Labute approximate surface area is 162 Å². The average Bonchev–Trinajstić information content (AvgIpc) is 3.09. The van der Waals surface area contributed by atoms with E-state index in [1.807, 2.05) is 0 Å². The number of nitrogen functional groups attached to an aromatic ring is 1. The van der Waals surface area contributed by atoms with Gasteiger partial charge in [0.15, 0.2) is 11.5 Å². The minimum absolute atomic E-state index is 0.240. The summed E-state index contributed by atoms with van der Waals surface area (Å²) in [6, 6.07) is 10.3. The van der Waals surface area contributed by atoms with Crippen LogP contribution >= 0.6 is 0 Å². The molecular weight excluding hydrogens is 362 g/mol. The van der Waals surface area contributed by atoms with Crippen LogP contribution in [0.1, 0.15) is 6.42 Å². The van der Waals surface area contributed by atoms with Crippen LogP contribution in [0.25, 0.3) is 0 Å². The van der Waals surface area contributed by atoms with E-state index in [0.29, 0.717) is 60.5 Å². The van der Waals surface area contributed by atoms with Crippen LogP contribution < -0.4 is 30.2 Å². The number of amides is 2. The molecule has 0 bridgehead atoms. The predicted molar refractivity (Wildman–Crippen MR) is 104 cm³/mol. The van der Waals surface area contributed by atoms with Gasteiger partial charge in [-0.3, -0.25) is 9.59 Å². The Kier molecular flexibility index (Phi) is 4.68. The zero-order chi connectivity index (χ0) is 19.7. The van der Waals surface area contributed by atoms with Gasteiger partial charge in [-0.15, -0.1) is 0 Å². The number of carbonyl (C=O) groups excluding carboxylic acids is 2. The second-order valence-electron chi connectivity index (χ2n) is 6.61. The first-order valence-corrected chi connectivity index (χ1v) is 9.02. The second kappa shape index (κ2) is 7.30. The van der Waals surface area contributed by atoms with Crippen LogP contribution in [-0.2, 0) is 9.59 Å². The molecule has 2 amide bonds. The molecule has 0 spiro atoms. The molecule has 8 heteroatoms. The van der Waals surface area contributed by atoms with Gasteiger partial charge in [0.2, 0.25) is 11.8 Å². The lowest BCUT2D eigenvalue weighted by atomic mass is 10.1. The summed E-state index contributed by atoms with van der Waals surface area (Å²) in [6.07, 6.45) is 0.435. The van der Waals surface area contributed by atoms with E-state index in [0.717, 1.165) is 0 Å². The van der Waals surface area contributed by atoms with Gasteiger partial charge in [0.1, 0.15) is 24.9 Å². The number of carbonyl (C=O) groups is 2. The molecule has 146 valence electrons. The Hall–Kier alpha value is -3.42. The van der Waals surface area contributed by atoms with Crippen molar-refractivity contribution in [2.45, 2.75) is 6.42 Å². The van der Waals surface area contributed by atoms with Crippen molar-refractivity contribution in [1.29, 1.82) is 0 Å². The molecule has 4 rings (SSSR count). The number of fused-ring (bicyclic) bond motifs is 1. The first kappa shape index (κ1) is 18.0. The molecule has 1 unspecified atom stereocenters. The summed E-state index contributed by atoms with van der Waals surface area (Å²) in [7, 11) is 1.52. The molecule has 0 aromatic heterocycles. The monoisotopic (exact) mass is 383 g/mol. The van der Waals surface area contributed by atoms with Crippen LogP contribution in [0.3, 0.4) is 0 Å². The van der Waals surface area contributed by atoms with Crippen molar-refractivity contribution in [3.8, 4) is 17.2 Å². The van der Waals surface area contributed by atoms with E-state index in [1.165, 1.54) is 7.11 Å². The Morgan fingerprint density at radius 2 is 1.96 bits per heavy atom.